The normalized spacial score (nSPS) is 20.2. The van der Waals surface area contributed by atoms with Crippen molar-refractivity contribution in [3.63, 3.8) is 0 Å². The molecule has 1 aliphatic rings. The molecule has 16 heavy (non-hydrogen) atoms. The zero-order chi connectivity index (χ0) is 11.6. The van der Waals surface area contributed by atoms with Crippen molar-refractivity contribution in [3.05, 3.63) is 34.3 Å². The zero-order valence-electron chi connectivity index (χ0n) is 9.58. The van der Waals surface area contributed by atoms with Crippen molar-refractivity contribution in [1.29, 1.82) is 0 Å². The Labute approximate surface area is 105 Å². The van der Waals surface area contributed by atoms with E-state index in [1.165, 1.54) is 5.56 Å². The maximum atomic E-state index is 5.88. The van der Waals surface area contributed by atoms with Gasteiger partial charge in [-0.3, -0.25) is 0 Å². The van der Waals surface area contributed by atoms with Gasteiger partial charge in [-0.1, -0.05) is 35.0 Å². The van der Waals surface area contributed by atoms with E-state index in [0.717, 1.165) is 24.1 Å². The predicted molar refractivity (Wildman–Crippen MR) is 69.5 cm³/mol. The van der Waals surface area contributed by atoms with Crippen molar-refractivity contribution in [3.8, 4) is 0 Å². The Bertz CT molecular complexity index is 363. The summed E-state index contributed by atoms with van der Waals surface area (Å²) in [5.74, 6) is 0.436. The van der Waals surface area contributed by atoms with Gasteiger partial charge in [0.05, 0.1) is 13.2 Å². The molecule has 2 rings (SSSR count). The van der Waals surface area contributed by atoms with Crippen LogP contribution in [0.15, 0.2) is 28.7 Å². The van der Waals surface area contributed by atoms with Crippen molar-refractivity contribution >= 4 is 15.9 Å². The van der Waals surface area contributed by atoms with E-state index in [-0.39, 0.29) is 0 Å². The molecular formula is C13H18BrNO. The van der Waals surface area contributed by atoms with Gasteiger partial charge >= 0.3 is 0 Å². The van der Waals surface area contributed by atoms with E-state index in [1.54, 1.807) is 0 Å². The third-order valence-corrected chi connectivity index (χ3v) is 3.74. The molecule has 3 heteroatoms. The molecule has 0 spiro atoms. The van der Waals surface area contributed by atoms with Crippen molar-refractivity contribution in [1.82, 2.24) is 0 Å². The summed E-state index contributed by atoms with van der Waals surface area (Å²) in [5, 5.41) is 0. The van der Waals surface area contributed by atoms with Crippen molar-refractivity contribution in [2.75, 3.05) is 19.8 Å². The Morgan fingerprint density at radius 2 is 2.25 bits per heavy atom. The second kappa shape index (κ2) is 4.86. The number of ether oxygens (including phenoxy) is 1. The Morgan fingerprint density at radius 3 is 2.75 bits per heavy atom. The highest BCUT2D eigenvalue weighted by Gasteiger charge is 2.35. The van der Waals surface area contributed by atoms with E-state index in [4.69, 9.17) is 10.5 Å². The fourth-order valence-electron chi connectivity index (χ4n) is 2.26. The molecule has 0 radical (unpaired) electrons. The maximum absolute atomic E-state index is 5.88. The molecule has 1 saturated heterocycles. The molecule has 1 atom stereocenters. The lowest BCUT2D eigenvalue weighted by molar-refractivity contribution is -0.108. The topological polar surface area (TPSA) is 35.2 Å². The van der Waals surface area contributed by atoms with Gasteiger partial charge in [0.2, 0.25) is 0 Å². The van der Waals surface area contributed by atoms with Gasteiger partial charge in [0.1, 0.15) is 0 Å². The summed E-state index contributed by atoms with van der Waals surface area (Å²) in [6.45, 7) is 4.72. The zero-order valence-corrected chi connectivity index (χ0v) is 11.2. The summed E-state index contributed by atoms with van der Waals surface area (Å²) < 4.78 is 6.42. The fraction of sp³-hybridized carbons (Fsp3) is 0.538. The lowest BCUT2D eigenvalue weighted by Crippen LogP contribution is -2.41. The van der Waals surface area contributed by atoms with E-state index in [0.29, 0.717) is 17.9 Å². The number of hydrogen-bond acceptors (Lipinski definition) is 2. The van der Waals surface area contributed by atoms with Crippen molar-refractivity contribution in [2.45, 2.75) is 19.3 Å². The SMILES string of the molecule is CC1(CC(CN)c2cccc(Br)c2)COC1. The molecule has 2 nitrogen and oxygen atoms in total. The Morgan fingerprint density at radius 1 is 1.50 bits per heavy atom. The third kappa shape index (κ3) is 2.65. The van der Waals surface area contributed by atoms with E-state index in [2.05, 4.69) is 41.1 Å². The quantitative estimate of drug-likeness (QED) is 0.922. The van der Waals surface area contributed by atoms with E-state index in [1.807, 2.05) is 6.07 Å². The van der Waals surface area contributed by atoms with Crippen LogP contribution in [0.5, 0.6) is 0 Å². The van der Waals surface area contributed by atoms with Gasteiger partial charge in [0.25, 0.3) is 0 Å². The minimum atomic E-state index is 0.326. The molecule has 88 valence electrons. The van der Waals surface area contributed by atoms with Crippen molar-refractivity contribution in [2.24, 2.45) is 11.1 Å². The number of rotatable bonds is 4. The Kier molecular flexibility index (Phi) is 3.67. The van der Waals surface area contributed by atoms with Gasteiger partial charge < -0.3 is 10.5 Å². The van der Waals surface area contributed by atoms with Crippen LogP contribution < -0.4 is 5.73 Å². The highest BCUT2D eigenvalue weighted by atomic mass is 79.9. The minimum absolute atomic E-state index is 0.326. The molecular weight excluding hydrogens is 266 g/mol. The smallest absolute Gasteiger partial charge is 0.0542 e. The Hall–Kier alpha value is -0.380. The molecule has 0 aliphatic carbocycles. The van der Waals surface area contributed by atoms with Crippen LogP contribution in [-0.4, -0.2) is 19.8 Å². The number of nitrogens with two attached hydrogens (primary N) is 1. The molecule has 0 amide bonds. The predicted octanol–water partition coefficient (Wildman–Crippen LogP) is 2.92. The van der Waals surface area contributed by atoms with Crippen LogP contribution in [0.3, 0.4) is 0 Å². The van der Waals surface area contributed by atoms with Crippen molar-refractivity contribution < 1.29 is 4.74 Å². The molecule has 1 aromatic carbocycles. The molecule has 1 fully saturated rings. The molecule has 1 heterocycles. The summed E-state index contributed by atoms with van der Waals surface area (Å²) >= 11 is 3.50. The van der Waals surface area contributed by atoms with E-state index in [9.17, 15) is 0 Å². The largest absolute Gasteiger partial charge is 0.380 e. The second-order valence-electron chi connectivity index (χ2n) is 5.00. The average Bonchev–Trinajstić information content (AvgIpc) is 2.23. The molecule has 1 aliphatic heterocycles. The first-order valence-electron chi connectivity index (χ1n) is 5.66. The lowest BCUT2D eigenvalue weighted by Gasteiger charge is -2.40. The molecule has 1 aromatic rings. The van der Waals surface area contributed by atoms with Gasteiger partial charge in [-0.15, -0.1) is 0 Å². The van der Waals surface area contributed by atoms with Crippen LogP contribution in [0.1, 0.15) is 24.8 Å². The third-order valence-electron chi connectivity index (χ3n) is 3.24. The highest BCUT2D eigenvalue weighted by molar-refractivity contribution is 9.10. The molecule has 0 saturated carbocycles. The van der Waals surface area contributed by atoms with Gasteiger partial charge in [0, 0.05) is 9.89 Å². The van der Waals surface area contributed by atoms with Gasteiger partial charge in [0.15, 0.2) is 0 Å². The highest BCUT2D eigenvalue weighted by Crippen LogP contribution is 2.37. The molecule has 1 unspecified atom stereocenters. The Balaban J connectivity index is 2.10. The lowest BCUT2D eigenvalue weighted by atomic mass is 9.77. The number of benzene rings is 1. The first-order valence-corrected chi connectivity index (χ1v) is 6.45. The summed E-state index contributed by atoms with van der Waals surface area (Å²) in [5.41, 5.74) is 7.53. The van der Waals surface area contributed by atoms with Crippen LogP contribution in [0.2, 0.25) is 0 Å². The van der Waals surface area contributed by atoms with Gasteiger partial charge in [-0.2, -0.15) is 0 Å². The first-order chi connectivity index (χ1) is 7.63. The fourth-order valence-corrected chi connectivity index (χ4v) is 2.68. The molecule has 0 aromatic heterocycles. The van der Waals surface area contributed by atoms with Crippen LogP contribution in [-0.2, 0) is 4.74 Å². The van der Waals surface area contributed by atoms with Crippen LogP contribution in [0.25, 0.3) is 0 Å². The van der Waals surface area contributed by atoms with Crippen LogP contribution >= 0.6 is 15.9 Å². The van der Waals surface area contributed by atoms with Crippen LogP contribution in [0.4, 0.5) is 0 Å². The van der Waals surface area contributed by atoms with Gasteiger partial charge in [-0.25, -0.2) is 0 Å². The standard InChI is InChI=1S/C13H18BrNO/c1-13(8-16-9-13)6-11(7-15)10-3-2-4-12(14)5-10/h2-5,11H,6-9,15H2,1H3. The number of hydrogen-bond donors (Lipinski definition) is 1. The maximum Gasteiger partial charge on any atom is 0.0542 e. The average molecular weight is 284 g/mol. The molecule has 2 N–H and O–H groups in total. The minimum Gasteiger partial charge on any atom is -0.380 e. The van der Waals surface area contributed by atoms with Crippen LogP contribution in [0, 0.1) is 5.41 Å². The summed E-state index contributed by atoms with van der Waals surface area (Å²) in [7, 11) is 0. The number of halogens is 1. The summed E-state index contributed by atoms with van der Waals surface area (Å²) in [4.78, 5) is 0. The summed E-state index contributed by atoms with van der Waals surface area (Å²) in [6.07, 6.45) is 1.11. The summed E-state index contributed by atoms with van der Waals surface area (Å²) in [6, 6.07) is 8.44. The van der Waals surface area contributed by atoms with Gasteiger partial charge in [-0.05, 0) is 36.6 Å². The first kappa shape index (κ1) is 12.1. The molecule has 0 bridgehead atoms. The van der Waals surface area contributed by atoms with E-state index < -0.39 is 0 Å². The second-order valence-corrected chi connectivity index (χ2v) is 5.91. The van der Waals surface area contributed by atoms with E-state index >= 15 is 0 Å². The monoisotopic (exact) mass is 283 g/mol.